The van der Waals surface area contributed by atoms with E-state index in [2.05, 4.69) is 4.72 Å². The van der Waals surface area contributed by atoms with Gasteiger partial charge in [-0.1, -0.05) is 0 Å². The second-order valence-corrected chi connectivity index (χ2v) is 8.68. The van der Waals surface area contributed by atoms with Gasteiger partial charge < -0.3 is 0 Å². The molecule has 8 nitrogen and oxygen atoms in total. The van der Waals surface area contributed by atoms with Crippen LogP contribution in [0.15, 0.2) is 0 Å². The molecule has 0 aliphatic carbocycles. The van der Waals surface area contributed by atoms with Gasteiger partial charge in [0.25, 0.3) is 20.4 Å². The molecule has 2 aliphatic rings. The van der Waals surface area contributed by atoms with Gasteiger partial charge in [-0.15, -0.1) is 0 Å². The summed E-state index contributed by atoms with van der Waals surface area (Å²) in [6.45, 7) is 2.20. The molecule has 2 aliphatic heterocycles. The number of hydrogen-bond acceptors (Lipinski definition) is 4. The lowest BCUT2D eigenvalue weighted by Crippen LogP contribution is -2.49. The van der Waals surface area contributed by atoms with Crippen molar-refractivity contribution >= 4 is 20.4 Å². The average Bonchev–Trinajstić information content (AvgIpc) is 2.90. The Hall–Kier alpha value is -0.260. The maximum absolute atomic E-state index is 12.4. The zero-order chi connectivity index (χ0) is 14.8. The minimum absolute atomic E-state index is 0.0283. The van der Waals surface area contributed by atoms with Crippen molar-refractivity contribution in [3.05, 3.63) is 0 Å². The fourth-order valence-electron chi connectivity index (χ4n) is 2.72. The minimum atomic E-state index is -3.72. The molecule has 0 spiro atoms. The van der Waals surface area contributed by atoms with E-state index in [1.54, 1.807) is 0 Å². The lowest BCUT2D eigenvalue weighted by Gasteiger charge is -2.34. The van der Waals surface area contributed by atoms with E-state index in [4.69, 9.17) is 5.14 Å². The third-order valence-corrected chi connectivity index (χ3v) is 6.34. The van der Waals surface area contributed by atoms with E-state index in [1.807, 2.05) is 0 Å². The molecular weight excluding hydrogens is 304 g/mol. The summed E-state index contributed by atoms with van der Waals surface area (Å²) in [4.78, 5) is 0. The predicted octanol–water partition coefficient (Wildman–Crippen LogP) is -1.17. The zero-order valence-electron chi connectivity index (χ0n) is 11.4. The fraction of sp³-hybridized carbons (Fsp3) is 1.00. The molecule has 2 rings (SSSR count). The summed E-state index contributed by atoms with van der Waals surface area (Å²) >= 11 is 0. The van der Waals surface area contributed by atoms with Crippen LogP contribution in [0.3, 0.4) is 0 Å². The van der Waals surface area contributed by atoms with Crippen LogP contribution in [-0.4, -0.2) is 58.2 Å². The van der Waals surface area contributed by atoms with Crippen LogP contribution >= 0.6 is 0 Å². The molecular formula is C10H22N4O4S2. The Bertz CT molecular complexity index is 527. The number of rotatable bonds is 5. The molecule has 0 aromatic heterocycles. The lowest BCUT2D eigenvalue weighted by molar-refractivity contribution is 0.252. The average molecular weight is 326 g/mol. The van der Waals surface area contributed by atoms with E-state index < -0.39 is 20.4 Å². The summed E-state index contributed by atoms with van der Waals surface area (Å²) in [7, 11) is -7.11. The minimum Gasteiger partial charge on any atom is -0.216 e. The first kappa shape index (κ1) is 16.1. The molecule has 2 heterocycles. The van der Waals surface area contributed by atoms with Gasteiger partial charge in [0.05, 0.1) is 0 Å². The highest BCUT2D eigenvalue weighted by atomic mass is 32.2. The monoisotopic (exact) mass is 326 g/mol. The van der Waals surface area contributed by atoms with E-state index >= 15 is 0 Å². The largest absolute Gasteiger partial charge is 0.281 e. The highest BCUT2D eigenvalue weighted by Gasteiger charge is 2.34. The Balaban J connectivity index is 1.96. The normalized spacial score (nSPS) is 26.9. The van der Waals surface area contributed by atoms with Crippen molar-refractivity contribution < 1.29 is 16.8 Å². The fourth-order valence-corrected chi connectivity index (χ4v) is 4.99. The van der Waals surface area contributed by atoms with Crippen LogP contribution in [0.25, 0.3) is 0 Å². The van der Waals surface area contributed by atoms with Gasteiger partial charge in [0.1, 0.15) is 0 Å². The summed E-state index contributed by atoms with van der Waals surface area (Å²) in [5.41, 5.74) is 0. The second kappa shape index (κ2) is 6.24. The lowest BCUT2D eigenvalue weighted by atomic mass is 10.0. The first-order valence-corrected chi connectivity index (χ1v) is 9.76. The summed E-state index contributed by atoms with van der Waals surface area (Å²) in [6, 6.07) is 0. The summed E-state index contributed by atoms with van der Waals surface area (Å²) in [5.74, 6) is -0.0283. The number of hydrogen-bond donors (Lipinski definition) is 2. The van der Waals surface area contributed by atoms with Gasteiger partial charge in [0, 0.05) is 32.7 Å². The molecule has 0 aromatic carbocycles. The first-order chi connectivity index (χ1) is 9.29. The molecule has 1 atom stereocenters. The third-order valence-electron chi connectivity index (χ3n) is 3.77. The second-order valence-electron chi connectivity index (χ2n) is 5.37. The Kier molecular flexibility index (Phi) is 5.03. The van der Waals surface area contributed by atoms with Gasteiger partial charge in [-0.25, -0.2) is 9.86 Å². The van der Waals surface area contributed by atoms with Gasteiger partial charge in [-0.3, -0.25) is 0 Å². The highest BCUT2D eigenvalue weighted by molar-refractivity contribution is 7.87. The maximum atomic E-state index is 12.4. The van der Waals surface area contributed by atoms with Crippen LogP contribution < -0.4 is 9.86 Å². The summed E-state index contributed by atoms with van der Waals surface area (Å²) in [5, 5.41) is 4.89. The standard InChI is InChI=1S/C10H22N4O4S2/c11-19(15,16)12-8-10-4-3-7-14(9-10)20(17,18)13-5-1-2-6-13/h10,12H,1-9H2,(H2,11,15,16). The number of nitrogens with one attached hydrogen (secondary N) is 1. The third kappa shape index (κ3) is 4.12. The van der Waals surface area contributed by atoms with Crippen molar-refractivity contribution in [2.24, 2.45) is 11.1 Å². The van der Waals surface area contributed by atoms with Gasteiger partial charge in [-0.05, 0) is 31.6 Å². The molecule has 20 heavy (non-hydrogen) atoms. The molecule has 3 N–H and O–H groups in total. The van der Waals surface area contributed by atoms with Crippen LogP contribution in [-0.2, 0) is 20.4 Å². The number of piperidine rings is 1. The smallest absolute Gasteiger partial charge is 0.216 e. The maximum Gasteiger partial charge on any atom is 0.281 e. The predicted molar refractivity (Wildman–Crippen MR) is 75.1 cm³/mol. The van der Waals surface area contributed by atoms with Crippen LogP contribution in [0.4, 0.5) is 0 Å². The van der Waals surface area contributed by atoms with E-state index in [-0.39, 0.29) is 12.5 Å². The van der Waals surface area contributed by atoms with Crippen molar-refractivity contribution in [3.8, 4) is 0 Å². The van der Waals surface area contributed by atoms with Gasteiger partial charge >= 0.3 is 0 Å². The van der Waals surface area contributed by atoms with E-state index in [0.717, 1.165) is 25.7 Å². The van der Waals surface area contributed by atoms with Gasteiger partial charge in [-0.2, -0.15) is 25.4 Å². The van der Waals surface area contributed by atoms with Gasteiger partial charge in [0.15, 0.2) is 0 Å². The Morgan fingerprint density at radius 3 is 2.20 bits per heavy atom. The Morgan fingerprint density at radius 1 is 1.00 bits per heavy atom. The molecule has 0 bridgehead atoms. The summed E-state index contributed by atoms with van der Waals surface area (Å²) in [6.07, 6.45) is 3.35. The highest BCUT2D eigenvalue weighted by Crippen LogP contribution is 2.23. The Morgan fingerprint density at radius 2 is 1.60 bits per heavy atom. The van der Waals surface area contributed by atoms with E-state index in [9.17, 15) is 16.8 Å². The Labute approximate surface area is 120 Å². The van der Waals surface area contributed by atoms with Crippen LogP contribution in [0.1, 0.15) is 25.7 Å². The molecule has 0 radical (unpaired) electrons. The number of nitrogens with two attached hydrogens (primary N) is 1. The quantitative estimate of drug-likeness (QED) is 0.663. The van der Waals surface area contributed by atoms with E-state index in [1.165, 1.54) is 8.61 Å². The zero-order valence-corrected chi connectivity index (χ0v) is 13.0. The van der Waals surface area contributed by atoms with Crippen LogP contribution in [0.2, 0.25) is 0 Å². The van der Waals surface area contributed by atoms with Crippen LogP contribution in [0.5, 0.6) is 0 Å². The van der Waals surface area contributed by atoms with E-state index in [0.29, 0.717) is 26.2 Å². The van der Waals surface area contributed by atoms with Crippen LogP contribution in [0, 0.1) is 5.92 Å². The number of nitrogens with zero attached hydrogens (tertiary/aromatic N) is 2. The first-order valence-electron chi connectivity index (χ1n) is 6.81. The summed E-state index contributed by atoms with van der Waals surface area (Å²) < 4.78 is 51.9. The van der Waals surface area contributed by atoms with Crippen molar-refractivity contribution in [1.29, 1.82) is 0 Å². The van der Waals surface area contributed by atoms with Crippen molar-refractivity contribution in [2.45, 2.75) is 25.7 Å². The molecule has 0 saturated carbocycles. The van der Waals surface area contributed by atoms with Crippen molar-refractivity contribution in [3.63, 3.8) is 0 Å². The SMILES string of the molecule is NS(=O)(=O)NCC1CCCN(S(=O)(=O)N2CCCC2)C1. The molecule has 0 amide bonds. The molecule has 2 saturated heterocycles. The molecule has 0 aromatic rings. The molecule has 118 valence electrons. The van der Waals surface area contributed by atoms with Gasteiger partial charge in [0.2, 0.25) is 0 Å². The van der Waals surface area contributed by atoms with Crippen molar-refractivity contribution in [2.75, 3.05) is 32.7 Å². The van der Waals surface area contributed by atoms with Crippen molar-refractivity contribution in [1.82, 2.24) is 13.3 Å². The molecule has 2 fully saturated rings. The molecule has 1 unspecified atom stereocenters. The molecule has 10 heteroatoms. The topological polar surface area (TPSA) is 113 Å².